The molecule has 4 aromatic heterocycles. The minimum atomic E-state index is -0.855. The lowest BCUT2D eigenvalue weighted by Crippen LogP contribution is -2.18. The van der Waals surface area contributed by atoms with Gasteiger partial charge in [-0.25, -0.2) is 0 Å². The first-order valence-electron chi connectivity index (χ1n) is 35.3. The average molecular weight is 1300 g/mol. The maximum Gasteiger partial charge on any atom is 0.303 e. The summed E-state index contributed by atoms with van der Waals surface area (Å²) in [6.45, 7) is 10.6. The van der Waals surface area contributed by atoms with Crippen LogP contribution in [-0.4, -0.2) is 86.2 Å². The van der Waals surface area contributed by atoms with Gasteiger partial charge in [0.15, 0.2) is 0 Å². The van der Waals surface area contributed by atoms with E-state index in [-0.39, 0.29) is 80.9 Å². The molecule has 1 unspecified atom stereocenters. The van der Waals surface area contributed by atoms with Gasteiger partial charge in [0, 0.05) is 95.7 Å². The second kappa shape index (κ2) is 42.8. The Morgan fingerprint density at radius 2 is 0.547 bits per heavy atom. The molecule has 0 aliphatic carbocycles. The minimum absolute atomic E-state index is 0.000934. The van der Waals surface area contributed by atoms with Crippen LogP contribution in [0.1, 0.15) is 263 Å². The number of nitrogens with zero attached hydrogens (tertiary/aromatic N) is 4. The number of hydrogen-bond acceptors (Lipinski definition) is 8. The Kier molecular flexibility index (Phi) is 34.9. The molecule has 8 aromatic rings. The average Bonchev–Trinajstić information content (AvgIpc) is 1.70. The third kappa shape index (κ3) is 26.0. The molecule has 0 saturated carbocycles. The molecule has 4 heterocycles. The summed E-state index contributed by atoms with van der Waals surface area (Å²) < 4.78 is 7.20. The van der Waals surface area contributed by atoms with Gasteiger partial charge in [-0.05, 0) is 125 Å². The Morgan fingerprint density at radius 1 is 0.295 bits per heavy atom. The molecule has 16 heteroatoms. The van der Waals surface area contributed by atoms with E-state index in [4.69, 9.17) is 20.4 Å². The van der Waals surface area contributed by atoms with E-state index >= 15 is 0 Å². The number of rotatable bonds is 38. The Morgan fingerprint density at radius 3 is 0.821 bits per heavy atom. The smallest absolute Gasteiger partial charge is 0.303 e. The van der Waals surface area contributed by atoms with Crippen LogP contribution in [0.3, 0.4) is 0 Å². The van der Waals surface area contributed by atoms with Gasteiger partial charge >= 0.3 is 23.9 Å². The molecule has 0 radical (unpaired) electrons. The van der Waals surface area contributed by atoms with E-state index in [9.17, 15) is 38.4 Å². The van der Waals surface area contributed by atoms with Gasteiger partial charge in [-0.2, -0.15) is 0 Å². The highest BCUT2D eigenvalue weighted by Gasteiger charge is 2.21. The zero-order valence-corrected chi connectivity index (χ0v) is 57.3. The third-order valence-electron chi connectivity index (χ3n) is 17.2. The van der Waals surface area contributed by atoms with E-state index < -0.39 is 23.9 Å². The van der Waals surface area contributed by atoms with E-state index in [1.807, 2.05) is 113 Å². The molecule has 514 valence electrons. The predicted molar refractivity (Wildman–Crippen MR) is 381 cm³/mol. The number of fused-ring (bicyclic) bond motifs is 4. The first kappa shape index (κ1) is 77.3. The van der Waals surface area contributed by atoms with Crippen molar-refractivity contribution in [3.63, 3.8) is 0 Å². The van der Waals surface area contributed by atoms with Crippen LogP contribution in [0, 0.1) is 5.92 Å². The highest BCUT2D eigenvalue weighted by molar-refractivity contribution is 5.97. The van der Waals surface area contributed by atoms with Crippen molar-refractivity contribution in [3.8, 4) is 0 Å². The topological polar surface area (TPSA) is 237 Å². The van der Waals surface area contributed by atoms with Crippen molar-refractivity contribution in [2.24, 2.45) is 5.92 Å². The summed E-state index contributed by atoms with van der Waals surface area (Å²) in [7, 11) is 0. The summed E-state index contributed by atoms with van der Waals surface area (Å²) in [4.78, 5) is 93.4. The SMILES string of the molecule is CCCCCCCCc1cc2ccccc2n1C(=O)CCCC(=O)O.CCCCCCCc1cc2ccccc2n1C(=O)CC(C)CC(=O)O.CCCCCCCc1cc2ccccc2n1C(=O)CCCC(=O)O.CCCCc1cc2ccccc2n1C(=O)CCCC(=O)O. The molecule has 0 saturated heterocycles. The molecule has 0 amide bonds. The number of aryl methyl sites for hydroxylation is 4. The monoisotopic (exact) mass is 1300 g/mol. The summed E-state index contributed by atoms with van der Waals surface area (Å²) in [5, 5.41) is 39.4. The van der Waals surface area contributed by atoms with Crippen molar-refractivity contribution in [1.82, 2.24) is 18.3 Å². The number of benzene rings is 4. The van der Waals surface area contributed by atoms with E-state index in [1.54, 1.807) is 9.13 Å². The number of carboxylic acids is 4. The number of unbranched alkanes of at least 4 members (excludes halogenated alkanes) is 14. The molecule has 95 heavy (non-hydrogen) atoms. The number of carbonyl (C=O) groups excluding carboxylic acids is 4. The van der Waals surface area contributed by atoms with Crippen LogP contribution in [0.15, 0.2) is 121 Å². The van der Waals surface area contributed by atoms with Gasteiger partial charge in [0.25, 0.3) is 0 Å². The van der Waals surface area contributed by atoms with E-state index in [1.165, 1.54) is 83.5 Å². The predicted octanol–water partition coefficient (Wildman–Crippen LogP) is 19.7. The molecular weight excluding hydrogens is 1200 g/mol. The fourth-order valence-electron chi connectivity index (χ4n) is 12.3. The number of aromatic nitrogens is 4. The molecule has 0 aliphatic rings. The van der Waals surface area contributed by atoms with Crippen molar-refractivity contribution in [2.45, 2.75) is 247 Å². The molecular formula is C79H106N4O12. The summed E-state index contributed by atoms with van der Waals surface area (Å²) in [5.74, 6) is -3.58. The van der Waals surface area contributed by atoms with E-state index in [0.29, 0.717) is 19.3 Å². The van der Waals surface area contributed by atoms with Gasteiger partial charge in [-0.15, -0.1) is 0 Å². The number of para-hydroxylation sites is 4. The Labute approximate surface area is 562 Å². The molecule has 4 aromatic carbocycles. The lowest BCUT2D eigenvalue weighted by Gasteiger charge is -2.12. The highest BCUT2D eigenvalue weighted by atomic mass is 16.4. The van der Waals surface area contributed by atoms with Crippen molar-refractivity contribution >= 4 is 91.1 Å². The first-order chi connectivity index (χ1) is 45.9. The van der Waals surface area contributed by atoms with Gasteiger partial charge in [0.05, 0.1) is 22.1 Å². The molecule has 1 atom stereocenters. The second-order valence-electron chi connectivity index (χ2n) is 25.3. The maximum atomic E-state index is 12.8. The van der Waals surface area contributed by atoms with Gasteiger partial charge < -0.3 is 20.4 Å². The largest absolute Gasteiger partial charge is 0.481 e. The lowest BCUT2D eigenvalue weighted by atomic mass is 10.0. The van der Waals surface area contributed by atoms with Crippen LogP contribution >= 0.6 is 0 Å². The standard InChI is InChI=1S/2C21H29NO3.C20H27NO3.C17H21NO3/c1-3-4-5-6-7-11-18-15-17-10-8-9-12-19(17)22(18)20(23)13-16(2)14-21(24)25;1-2-3-4-5-6-7-12-18-16-17-11-8-9-13-19(17)22(18)20(23)14-10-15-21(24)25;1-2-3-4-5-6-11-17-15-16-10-7-8-12-18(16)21(17)19(22)13-9-14-20(23)24;1-2-3-8-14-12-13-7-4-5-9-15(13)18(14)16(19)10-6-11-17(20)21/h8-10,12,15-16H,3-7,11,13-14H2,1-2H3,(H,24,25);8-9,11,13,16H,2-7,10,12,14-15H2,1H3,(H,24,25);7-8,10,12,15H,2-6,9,11,13-14H2,1H3,(H,23,24);4-5,7,9,12H,2-3,6,8,10-11H2,1H3,(H,20,21). The molecule has 8 rings (SSSR count). The zero-order valence-electron chi connectivity index (χ0n) is 57.3. The normalized spacial score (nSPS) is 11.4. The van der Waals surface area contributed by atoms with Crippen molar-refractivity contribution in [2.75, 3.05) is 0 Å². The number of hydrogen-bond donors (Lipinski definition) is 4. The Balaban J connectivity index is 0.000000230. The van der Waals surface area contributed by atoms with Gasteiger partial charge in [0.2, 0.25) is 23.6 Å². The summed E-state index contributed by atoms with van der Waals surface area (Å²) in [5.41, 5.74) is 7.89. The third-order valence-corrected chi connectivity index (χ3v) is 17.2. The van der Waals surface area contributed by atoms with Crippen LogP contribution in [0.2, 0.25) is 0 Å². The molecule has 0 spiro atoms. The zero-order chi connectivity index (χ0) is 68.9. The van der Waals surface area contributed by atoms with Crippen LogP contribution in [-0.2, 0) is 44.9 Å². The molecule has 0 aliphatic heterocycles. The second-order valence-corrected chi connectivity index (χ2v) is 25.3. The van der Waals surface area contributed by atoms with Crippen LogP contribution < -0.4 is 0 Å². The van der Waals surface area contributed by atoms with Crippen LogP contribution in [0.25, 0.3) is 43.6 Å². The van der Waals surface area contributed by atoms with Crippen molar-refractivity contribution < 1.29 is 58.8 Å². The van der Waals surface area contributed by atoms with E-state index in [2.05, 4.69) is 52.0 Å². The lowest BCUT2D eigenvalue weighted by molar-refractivity contribution is -0.138. The number of carboxylic acid groups (broad SMARTS) is 4. The van der Waals surface area contributed by atoms with Crippen molar-refractivity contribution in [1.29, 1.82) is 0 Å². The molecule has 16 nitrogen and oxygen atoms in total. The van der Waals surface area contributed by atoms with Crippen LogP contribution in [0.4, 0.5) is 0 Å². The fourth-order valence-corrected chi connectivity index (χ4v) is 12.3. The van der Waals surface area contributed by atoms with Gasteiger partial charge in [-0.3, -0.25) is 56.6 Å². The van der Waals surface area contributed by atoms with Crippen molar-refractivity contribution in [3.05, 3.63) is 144 Å². The quantitative estimate of drug-likeness (QED) is 0.0264. The van der Waals surface area contributed by atoms with E-state index in [0.717, 1.165) is 124 Å². The summed E-state index contributed by atoms with van der Waals surface area (Å²) in [6.07, 6.45) is 27.3. The number of aliphatic carboxylic acids is 4. The first-order valence-corrected chi connectivity index (χ1v) is 35.3. The molecule has 0 bridgehead atoms. The van der Waals surface area contributed by atoms with Gasteiger partial charge in [-0.1, -0.05) is 197 Å². The fraction of sp³-hybridized carbons (Fsp3) is 0.494. The Bertz CT molecular complexity index is 3710. The number of carbonyl (C=O) groups is 8. The maximum absolute atomic E-state index is 12.8. The summed E-state index contributed by atoms with van der Waals surface area (Å²) in [6, 6.07) is 40.0. The molecule has 4 N–H and O–H groups in total. The summed E-state index contributed by atoms with van der Waals surface area (Å²) >= 11 is 0. The van der Waals surface area contributed by atoms with Crippen LogP contribution in [0.5, 0.6) is 0 Å². The Hall–Kier alpha value is -8.40. The van der Waals surface area contributed by atoms with Gasteiger partial charge in [0.1, 0.15) is 0 Å². The molecule has 0 fully saturated rings. The minimum Gasteiger partial charge on any atom is -0.481 e. The highest BCUT2D eigenvalue weighted by Crippen LogP contribution is 2.28.